The van der Waals surface area contributed by atoms with E-state index < -0.39 is 19.0 Å². The molecular weight excluding hydrogens is 230 g/mol. The lowest BCUT2D eigenvalue weighted by Crippen LogP contribution is -2.36. The summed E-state index contributed by atoms with van der Waals surface area (Å²) in [6, 6.07) is 0. The van der Waals surface area contributed by atoms with Gasteiger partial charge in [0, 0.05) is 0 Å². The van der Waals surface area contributed by atoms with E-state index in [2.05, 4.69) is 0 Å². The molecular formula is C5H7Cl3O2S. The molecule has 0 aromatic rings. The fourth-order valence-electron chi connectivity index (χ4n) is 0.996. The Morgan fingerprint density at radius 2 is 1.64 bits per heavy atom. The maximum absolute atomic E-state index is 11.0. The van der Waals surface area contributed by atoms with E-state index in [4.69, 9.17) is 34.8 Å². The predicted octanol–water partition coefficient (Wildman–Crippen LogP) is 1.59. The maximum Gasteiger partial charge on any atom is 0.155 e. The first-order valence-electron chi connectivity index (χ1n) is 2.93. The molecule has 1 rings (SSSR count). The van der Waals surface area contributed by atoms with Crippen LogP contribution in [0.25, 0.3) is 0 Å². The summed E-state index contributed by atoms with van der Waals surface area (Å²) >= 11 is 17.2. The van der Waals surface area contributed by atoms with Crippen molar-refractivity contribution in [3.05, 3.63) is 0 Å². The molecule has 0 spiro atoms. The van der Waals surface area contributed by atoms with Crippen molar-refractivity contribution in [3.8, 4) is 0 Å². The molecule has 6 heteroatoms. The number of hydrogen-bond acceptors (Lipinski definition) is 2. The first-order valence-corrected chi connectivity index (χ1v) is 5.89. The van der Waals surface area contributed by atoms with Gasteiger partial charge in [0.1, 0.15) is 0 Å². The van der Waals surface area contributed by atoms with E-state index in [1.807, 2.05) is 0 Å². The van der Waals surface area contributed by atoms with Crippen LogP contribution in [0.1, 0.15) is 6.92 Å². The van der Waals surface area contributed by atoms with Crippen molar-refractivity contribution < 1.29 is 8.42 Å². The quantitative estimate of drug-likeness (QED) is 0.600. The SMILES string of the molecule is CC1(Cl)CS(=O)(=O)CC1(Cl)Cl. The van der Waals surface area contributed by atoms with Gasteiger partial charge in [0.2, 0.25) is 0 Å². The highest BCUT2D eigenvalue weighted by Gasteiger charge is 2.56. The maximum atomic E-state index is 11.0. The third-order valence-electron chi connectivity index (χ3n) is 1.65. The van der Waals surface area contributed by atoms with Crippen LogP contribution in [0, 0.1) is 0 Å². The van der Waals surface area contributed by atoms with E-state index in [9.17, 15) is 8.42 Å². The van der Waals surface area contributed by atoms with E-state index in [0.29, 0.717) is 0 Å². The van der Waals surface area contributed by atoms with Crippen molar-refractivity contribution in [1.29, 1.82) is 0 Å². The van der Waals surface area contributed by atoms with Gasteiger partial charge in [0.25, 0.3) is 0 Å². The molecule has 2 nitrogen and oxygen atoms in total. The topological polar surface area (TPSA) is 34.1 Å². The Morgan fingerprint density at radius 3 is 1.73 bits per heavy atom. The summed E-state index contributed by atoms with van der Waals surface area (Å²) in [5.41, 5.74) is 0. The summed E-state index contributed by atoms with van der Waals surface area (Å²) in [4.78, 5) is -1.06. The highest BCUT2D eigenvalue weighted by molar-refractivity contribution is 7.92. The normalized spacial score (nSPS) is 40.7. The van der Waals surface area contributed by atoms with Gasteiger partial charge in [-0.1, -0.05) is 23.2 Å². The van der Waals surface area contributed by atoms with Crippen molar-refractivity contribution in [2.75, 3.05) is 11.5 Å². The zero-order chi connectivity index (χ0) is 8.91. The monoisotopic (exact) mass is 236 g/mol. The lowest BCUT2D eigenvalue weighted by Gasteiger charge is -2.24. The minimum Gasteiger partial charge on any atom is -0.229 e. The molecule has 1 aliphatic rings. The summed E-state index contributed by atoms with van der Waals surface area (Å²) in [5.74, 6) is -0.419. The molecule has 0 N–H and O–H groups in total. The molecule has 0 radical (unpaired) electrons. The fourth-order valence-corrected chi connectivity index (χ4v) is 4.98. The van der Waals surface area contributed by atoms with E-state index >= 15 is 0 Å². The largest absolute Gasteiger partial charge is 0.229 e. The second kappa shape index (κ2) is 2.41. The summed E-state index contributed by atoms with van der Waals surface area (Å²) < 4.78 is 20.7. The standard InChI is InChI=1S/C5H7Cl3O2S/c1-4(6)2-11(9,10)3-5(4,7)8/h2-3H2,1H3. The second-order valence-corrected chi connectivity index (χ2v) is 7.32. The number of rotatable bonds is 0. The van der Waals surface area contributed by atoms with Crippen molar-refractivity contribution in [2.45, 2.75) is 16.1 Å². The zero-order valence-corrected chi connectivity index (χ0v) is 8.86. The molecule has 0 amide bonds. The van der Waals surface area contributed by atoms with Gasteiger partial charge in [-0.05, 0) is 6.92 Å². The Hall–Kier alpha value is 0.820. The van der Waals surface area contributed by atoms with Crippen LogP contribution in [0.5, 0.6) is 0 Å². The summed E-state index contributed by atoms with van der Waals surface area (Å²) in [5, 5.41) is 0. The third kappa shape index (κ3) is 1.77. The predicted molar refractivity (Wildman–Crippen MR) is 47.3 cm³/mol. The zero-order valence-electron chi connectivity index (χ0n) is 5.77. The highest BCUT2D eigenvalue weighted by Crippen LogP contribution is 2.46. The summed E-state index contributed by atoms with van der Waals surface area (Å²) in [6.45, 7) is 1.53. The molecule has 1 saturated heterocycles. The number of sulfone groups is 1. The van der Waals surface area contributed by atoms with Crippen LogP contribution in [0.3, 0.4) is 0 Å². The van der Waals surface area contributed by atoms with Crippen LogP contribution >= 0.6 is 34.8 Å². The van der Waals surface area contributed by atoms with Crippen LogP contribution < -0.4 is 0 Å². The minimum atomic E-state index is -3.16. The summed E-state index contributed by atoms with van der Waals surface area (Å²) in [6.07, 6.45) is 0. The molecule has 11 heavy (non-hydrogen) atoms. The van der Waals surface area contributed by atoms with Gasteiger partial charge in [0.05, 0.1) is 16.4 Å². The molecule has 1 fully saturated rings. The first-order chi connectivity index (χ1) is 4.66. The molecule has 1 aliphatic heterocycles. The van der Waals surface area contributed by atoms with Crippen LogP contribution in [0.2, 0.25) is 0 Å². The average Bonchev–Trinajstić information content (AvgIpc) is 1.66. The van der Waals surface area contributed by atoms with Crippen molar-refractivity contribution >= 4 is 44.6 Å². The van der Waals surface area contributed by atoms with Crippen LogP contribution in [-0.2, 0) is 9.84 Å². The Morgan fingerprint density at radius 1 is 1.18 bits per heavy atom. The molecule has 1 unspecified atom stereocenters. The van der Waals surface area contributed by atoms with Gasteiger partial charge in [-0.25, -0.2) is 8.42 Å². The van der Waals surface area contributed by atoms with Crippen molar-refractivity contribution in [3.63, 3.8) is 0 Å². The van der Waals surface area contributed by atoms with Gasteiger partial charge < -0.3 is 0 Å². The molecule has 0 aromatic heterocycles. The molecule has 66 valence electrons. The van der Waals surface area contributed by atoms with Crippen molar-refractivity contribution in [2.24, 2.45) is 0 Å². The molecule has 1 atom stereocenters. The molecule has 0 aromatic carbocycles. The Balaban J connectivity index is 3.08. The van der Waals surface area contributed by atoms with E-state index in [0.717, 1.165) is 0 Å². The lowest BCUT2D eigenvalue weighted by molar-refractivity contribution is 0.601. The molecule has 0 saturated carbocycles. The Labute approximate surface area is 80.7 Å². The van der Waals surface area contributed by atoms with Gasteiger partial charge in [-0.3, -0.25) is 0 Å². The highest BCUT2D eigenvalue weighted by atomic mass is 35.5. The second-order valence-electron chi connectivity index (χ2n) is 2.93. The summed E-state index contributed by atoms with van der Waals surface area (Å²) in [7, 11) is -3.16. The fraction of sp³-hybridized carbons (Fsp3) is 1.00. The van der Waals surface area contributed by atoms with Gasteiger partial charge >= 0.3 is 0 Å². The van der Waals surface area contributed by atoms with Gasteiger partial charge in [0.15, 0.2) is 14.2 Å². The average molecular weight is 238 g/mol. The Kier molecular flexibility index (Phi) is 2.17. The van der Waals surface area contributed by atoms with E-state index in [1.165, 1.54) is 6.92 Å². The smallest absolute Gasteiger partial charge is 0.155 e. The first kappa shape index (κ1) is 9.90. The number of hydrogen-bond donors (Lipinski definition) is 0. The molecule has 0 aliphatic carbocycles. The van der Waals surface area contributed by atoms with Crippen LogP contribution in [-0.4, -0.2) is 29.1 Å². The lowest BCUT2D eigenvalue weighted by atomic mass is 10.1. The van der Waals surface area contributed by atoms with Crippen LogP contribution in [0.4, 0.5) is 0 Å². The van der Waals surface area contributed by atoms with Crippen LogP contribution in [0.15, 0.2) is 0 Å². The van der Waals surface area contributed by atoms with Gasteiger partial charge in [-0.2, -0.15) is 0 Å². The third-order valence-corrected chi connectivity index (χ3v) is 5.77. The number of alkyl halides is 3. The van der Waals surface area contributed by atoms with E-state index in [1.54, 1.807) is 0 Å². The van der Waals surface area contributed by atoms with E-state index in [-0.39, 0.29) is 11.5 Å². The van der Waals surface area contributed by atoms with Gasteiger partial charge in [-0.15, -0.1) is 11.6 Å². The molecule has 1 heterocycles. The minimum absolute atomic E-state index is 0.158. The van der Waals surface area contributed by atoms with Crippen molar-refractivity contribution in [1.82, 2.24) is 0 Å². The Bertz CT molecular complexity index is 245. The number of halogens is 3. The molecule has 0 bridgehead atoms.